The molecule has 4 atom stereocenters. The van der Waals surface area contributed by atoms with Crippen LogP contribution in [0.15, 0.2) is 0 Å². The minimum Gasteiger partial charge on any atom is -0.481 e. The van der Waals surface area contributed by atoms with Crippen molar-refractivity contribution in [1.82, 2.24) is 0 Å². The SMILES string of the molecule is CC1C(C)(C(=O)O)CCC2OC21C. The average molecular weight is 184 g/mol. The van der Waals surface area contributed by atoms with Gasteiger partial charge >= 0.3 is 5.97 Å². The topological polar surface area (TPSA) is 49.8 Å². The Morgan fingerprint density at radius 3 is 2.69 bits per heavy atom. The molecule has 0 radical (unpaired) electrons. The van der Waals surface area contributed by atoms with Crippen molar-refractivity contribution in [2.24, 2.45) is 11.3 Å². The number of carboxylic acid groups (broad SMARTS) is 1. The van der Waals surface area contributed by atoms with Crippen molar-refractivity contribution >= 4 is 5.97 Å². The number of rotatable bonds is 1. The first kappa shape index (κ1) is 9.00. The van der Waals surface area contributed by atoms with E-state index in [0.717, 1.165) is 12.8 Å². The summed E-state index contributed by atoms with van der Waals surface area (Å²) >= 11 is 0. The highest BCUT2D eigenvalue weighted by Gasteiger charge is 2.65. The van der Waals surface area contributed by atoms with E-state index in [1.54, 1.807) is 0 Å². The van der Waals surface area contributed by atoms with E-state index in [-0.39, 0.29) is 11.5 Å². The molecule has 0 aromatic carbocycles. The van der Waals surface area contributed by atoms with Gasteiger partial charge in [-0.3, -0.25) is 4.79 Å². The number of hydrogen-bond donors (Lipinski definition) is 1. The fourth-order valence-corrected chi connectivity index (χ4v) is 2.57. The highest BCUT2D eigenvalue weighted by molar-refractivity contribution is 5.75. The predicted octanol–water partition coefficient (Wildman–Crippen LogP) is 1.66. The van der Waals surface area contributed by atoms with Crippen LogP contribution in [-0.4, -0.2) is 22.8 Å². The monoisotopic (exact) mass is 184 g/mol. The molecule has 2 rings (SSSR count). The second-order valence-corrected chi connectivity index (χ2v) is 4.77. The average Bonchev–Trinajstić information content (AvgIpc) is 2.72. The first-order chi connectivity index (χ1) is 5.91. The molecule has 13 heavy (non-hydrogen) atoms. The Hall–Kier alpha value is -0.570. The minimum absolute atomic E-state index is 0.108. The van der Waals surface area contributed by atoms with Crippen molar-refractivity contribution in [1.29, 1.82) is 0 Å². The zero-order chi connectivity index (χ0) is 9.85. The molecule has 3 heteroatoms. The second kappa shape index (κ2) is 2.27. The van der Waals surface area contributed by atoms with Gasteiger partial charge in [0.2, 0.25) is 0 Å². The summed E-state index contributed by atoms with van der Waals surface area (Å²) in [7, 11) is 0. The summed E-state index contributed by atoms with van der Waals surface area (Å²) in [6.45, 7) is 5.86. The van der Waals surface area contributed by atoms with E-state index in [0.29, 0.717) is 6.10 Å². The van der Waals surface area contributed by atoms with E-state index < -0.39 is 11.4 Å². The Bertz CT molecular complexity index is 263. The van der Waals surface area contributed by atoms with Gasteiger partial charge in [0.1, 0.15) is 0 Å². The molecule has 3 nitrogen and oxygen atoms in total. The largest absolute Gasteiger partial charge is 0.481 e. The van der Waals surface area contributed by atoms with Gasteiger partial charge < -0.3 is 9.84 Å². The van der Waals surface area contributed by atoms with Crippen LogP contribution in [0.4, 0.5) is 0 Å². The lowest BCUT2D eigenvalue weighted by Gasteiger charge is -2.37. The smallest absolute Gasteiger partial charge is 0.309 e. The maximum atomic E-state index is 11.1. The molecule has 0 bridgehead atoms. The number of ether oxygens (including phenoxy) is 1. The summed E-state index contributed by atoms with van der Waals surface area (Å²) in [5.74, 6) is -0.577. The molecule has 2 aliphatic rings. The number of epoxide rings is 1. The Labute approximate surface area is 78.1 Å². The van der Waals surface area contributed by atoms with Crippen LogP contribution in [0, 0.1) is 11.3 Å². The van der Waals surface area contributed by atoms with Crippen molar-refractivity contribution in [2.75, 3.05) is 0 Å². The van der Waals surface area contributed by atoms with E-state index in [9.17, 15) is 4.79 Å². The summed E-state index contributed by atoms with van der Waals surface area (Å²) in [5, 5.41) is 9.16. The standard InChI is InChI=1S/C10H16O3/c1-6-9(2,8(11)12)5-4-7-10(6,3)13-7/h6-7H,4-5H2,1-3H3,(H,11,12). The molecule has 1 heterocycles. The normalized spacial score (nSPS) is 54.1. The van der Waals surface area contributed by atoms with Crippen molar-refractivity contribution < 1.29 is 14.6 Å². The van der Waals surface area contributed by atoms with Crippen molar-refractivity contribution in [2.45, 2.75) is 45.3 Å². The van der Waals surface area contributed by atoms with Crippen LogP contribution in [0.2, 0.25) is 0 Å². The third-order valence-corrected chi connectivity index (χ3v) is 4.21. The van der Waals surface area contributed by atoms with E-state index in [1.807, 2.05) is 20.8 Å². The lowest BCUT2D eigenvalue weighted by molar-refractivity contribution is -0.154. The van der Waals surface area contributed by atoms with Crippen LogP contribution in [0.3, 0.4) is 0 Å². The van der Waals surface area contributed by atoms with Crippen LogP contribution < -0.4 is 0 Å². The summed E-state index contributed by atoms with van der Waals surface area (Å²) in [5.41, 5.74) is -0.757. The maximum Gasteiger partial charge on any atom is 0.309 e. The van der Waals surface area contributed by atoms with Gasteiger partial charge in [-0.15, -0.1) is 0 Å². The van der Waals surface area contributed by atoms with E-state index in [1.165, 1.54) is 0 Å². The fraction of sp³-hybridized carbons (Fsp3) is 0.900. The lowest BCUT2D eigenvalue weighted by Crippen LogP contribution is -2.45. The molecule has 1 aliphatic carbocycles. The lowest BCUT2D eigenvalue weighted by atomic mass is 9.64. The molecule has 2 fully saturated rings. The fourth-order valence-electron chi connectivity index (χ4n) is 2.57. The zero-order valence-electron chi connectivity index (χ0n) is 8.33. The molecule has 1 saturated carbocycles. The number of hydrogen-bond acceptors (Lipinski definition) is 2. The van der Waals surface area contributed by atoms with Gasteiger partial charge in [0.25, 0.3) is 0 Å². The van der Waals surface area contributed by atoms with Gasteiger partial charge in [-0.1, -0.05) is 6.92 Å². The van der Waals surface area contributed by atoms with Crippen molar-refractivity contribution in [3.8, 4) is 0 Å². The summed E-state index contributed by atoms with van der Waals surface area (Å²) in [6.07, 6.45) is 1.95. The molecular weight excluding hydrogens is 168 g/mol. The van der Waals surface area contributed by atoms with Gasteiger partial charge in [-0.25, -0.2) is 0 Å². The van der Waals surface area contributed by atoms with E-state index in [4.69, 9.17) is 9.84 Å². The third kappa shape index (κ3) is 0.966. The van der Waals surface area contributed by atoms with Gasteiger partial charge in [0.05, 0.1) is 17.1 Å². The first-order valence-electron chi connectivity index (χ1n) is 4.82. The van der Waals surface area contributed by atoms with Gasteiger partial charge in [0, 0.05) is 5.92 Å². The first-order valence-corrected chi connectivity index (χ1v) is 4.82. The molecule has 0 amide bonds. The highest BCUT2D eigenvalue weighted by Crippen LogP contribution is 2.57. The predicted molar refractivity (Wildman–Crippen MR) is 47.4 cm³/mol. The number of carboxylic acids is 1. The maximum absolute atomic E-state index is 11.1. The highest BCUT2D eigenvalue weighted by atomic mass is 16.6. The summed E-state index contributed by atoms with van der Waals surface area (Å²) < 4.78 is 5.56. The molecule has 0 spiro atoms. The Morgan fingerprint density at radius 1 is 1.54 bits per heavy atom. The van der Waals surface area contributed by atoms with Crippen LogP contribution in [0.25, 0.3) is 0 Å². The molecule has 1 aliphatic heterocycles. The molecule has 1 saturated heterocycles. The number of carbonyl (C=O) groups is 1. The molecule has 1 N–H and O–H groups in total. The van der Waals surface area contributed by atoms with E-state index >= 15 is 0 Å². The zero-order valence-corrected chi connectivity index (χ0v) is 8.33. The molecule has 74 valence electrons. The quantitative estimate of drug-likeness (QED) is 0.630. The Kier molecular flexibility index (Phi) is 1.57. The molecule has 4 unspecified atom stereocenters. The van der Waals surface area contributed by atoms with E-state index in [2.05, 4.69) is 0 Å². The summed E-state index contributed by atoms with van der Waals surface area (Å²) in [4.78, 5) is 11.1. The number of aliphatic carboxylic acids is 1. The Balaban J connectivity index is 2.27. The Morgan fingerprint density at radius 2 is 2.15 bits per heavy atom. The van der Waals surface area contributed by atoms with Crippen LogP contribution >= 0.6 is 0 Å². The van der Waals surface area contributed by atoms with Crippen LogP contribution in [0.1, 0.15) is 33.6 Å². The van der Waals surface area contributed by atoms with Gasteiger partial charge in [-0.05, 0) is 26.7 Å². The summed E-state index contributed by atoms with van der Waals surface area (Å²) in [6, 6.07) is 0. The second-order valence-electron chi connectivity index (χ2n) is 4.77. The van der Waals surface area contributed by atoms with Crippen molar-refractivity contribution in [3.05, 3.63) is 0 Å². The van der Waals surface area contributed by atoms with Crippen LogP contribution in [0.5, 0.6) is 0 Å². The van der Waals surface area contributed by atoms with Gasteiger partial charge in [-0.2, -0.15) is 0 Å². The van der Waals surface area contributed by atoms with Crippen LogP contribution in [-0.2, 0) is 9.53 Å². The van der Waals surface area contributed by atoms with Gasteiger partial charge in [0.15, 0.2) is 0 Å². The minimum atomic E-state index is -0.685. The molecule has 0 aromatic heterocycles. The molecular formula is C10H16O3. The third-order valence-electron chi connectivity index (χ3n) is 4.21. The van der Waals surface area contributed by atoms with Crippen molar-refractivity contribution in [3.63, 3.8) is 0 Å². The molecule has 0 aromatic rings. The number of fused-ring (bicyclic) bond motifs is 1.